The van der Waals surface area contributed by atoms with Gasteiger partial charge >= 0.3 is 5.97 Å². The summed E-state index contributed by atoms with van der Waals surface area (Å²) in [7, 11) is 0. The predicted octanol–water partition coefficient (Wildman–Crippen LogP) is 2.56. The van der Waals surface area contributed by atoms with Gasteiger partial charge in [-0.3, -0.25) is 4.79 Å². The third-order valence-electron chi connectivity index (χ3n) is 1.87. The van der Waals surface area contributed by atoms with E-state index in [-0.39, 0.29) is 12.2 Å². The predicted molar refractivity (Wildman–Crippen MR) is 56.4 cm³/mol. The summed E-state index contributed by atoms with van der Waals surface area (Å²) >= 11 is 3.34. The number of benzene rings is 1. The highest BCUT2D eigenvalue weighted by atomic mass is 79.9. The molecule has 0 aliphatic rings. The van der Waals surface area contributed by atoms with Crippen LogP contribution in [0.2, 0.25) is 0 Å². The second-order valence-corrected chi connectivity index (χ2v) is 3.88. The van der Waals surface area contributed by atoms with Gasteiger partial charge in [0.25, 0.3) is 0 Å². The van der Waals surface area contributed by atoms with Crippen LogP contribution in [0, 0.1) is 0 Å². The lowest BCUT2D eigenvalue weighted by atomic mass is 10.1. The Kier molecular flexibility index (Phi) is 3.95. The summed E-state index contributed by atoms with van der Waals surface area (Å²) in [4.78, 5) is 10.3. The van der Waals surface area contributed by atoms with Crippen molar-refractivity contribution in [2.24, 2.45) is 0 Å². The number of carboxylic acids is 1. The van der Waals surface area contributed by atoms with Gasteiger partial charge in [-0.15, -0.1) is 0 Å². The molecule has 0 aliphatic heterocycles. The van der Waals surface area contributed by atoms with E-state index in [1.807, 2.05) is 0 Å². The zero-order chi connectivity index (χ0) is 10.6. The molecule has 0 heterocycles. The molecule has 1 aromatic carbocycles. The number of aryl methyl sites for hydroxylation is 1. The first-order chi connectivity index (χ1) is 6.59. The van der Waals surface area contributed by atoms with Crippen molar-refractivity contribution in [3.05, 3.63) is 28.2 Å². The lowest BCUT2D eigenvalue weighted by molar-refractivity contribution is -0.137. The molecule has 0 amide bonds. The van der Waals surface area contributed by atoms with Gasteiger partial charge in [-0.1, -0.05) is 15.9 Å². The minimum Gasteiger partial charge on any atom is -0.508 e. The van der Waals surface area contributed by atoms with Crippen LogP contribution in [0.3, 0.4) is 0 Å². The van der Waals surface area contributed by atoms with Crippen LogP contribution in [0.25, 0.3) is 0 Å². The van der Waals surface area contributed by atoms with E-state index in [9.17, 15) is 9.90 Å². The maximum atomic E-state index is 10.3. The van der Waals surface area contributed by atoms with Crippen molar-refractivity contribution in [2.75, 3.05) is 0 Å². The number of aliphatic carboxylic acids is 1. The van der Waals surface area contributed by atoms with Crippen LogP contribution in [0.1, 0.15) is 18.4 Å². The highest BCUT2D eigenvalue weighted by Gasteiger charge is 2.03. The van der Waals surface area contributed by atoms with E-state index < -0.39 is 5.97 Å². The first kappa shape index (κ1) is 11.0. The number of phenols is 1. The Morgan fingerprint density at radius 3 is 2.79 bits per heavy atom. The molecular formula is C10H11BrO3. The summed E-state index contributed by atoms with van der Waals surface area (Å²) in [5.74, 6) is -0.584. The summed E-state index contributed by atoms with van der Waals surface area (Å²) in [6.07, 6.45) is 1.39. The molecule has 1 rings (SSSR count). The molecule has 0 radical (unpaired) electrons. The number of phenolic OH excluding ortho intramolecular Hbond substituents is 1. The molecule has 1 aromatic rings. The summed E-state index contributed by atoms with van der Waals surface area (Å²) < 4.78 is 0.903. The average Bonchev–Trinajstić information content (AvgIpc) is 2.10. The molecule has 0 unspecified atom stereocenters. The van der Waals surface area contributed by atoms with Crippen LogP contribution < -0.4 is 0 Å². The zero-order valence-corrected chi connectivity index (χ0v) is 9.12. The van der Waals surface area contributed by atoms with Crippen LogP contribution in [0.4, 0.5) is 0 Å². The third kappa shape index (κ3) is 3.38. The Hall–Kier alpha value is -1.03. The molecule has 0 aliphatic carbocycles. The van der Waals surface area contributed by atoms with Crippen molar-refractivity contribution in [1.29, 1.82) is 0 Å². The molecule has 0 fully saturated rings. The molecule has 2 N–H and O–H groups in total. The second kappa shape index (κ2) is 5.00. The molecule has 0 spiro atoms. The molecule has 0 bridgehead atoms. The van der Waals surface area contributed by atoms with E-state index in [2.05, 4.69) is 15.9 Å². The van der Waals surface area contributed by atoms with E-state index in [4.69, 9.17) is 5.11 Å². The average molecular weight is 259 g/mol. The lowest BCUT2D eigenvalue weighted by Crippen LogP contribution is -1.96. The van der Waals surface area contributed by atoms with Crippen molar-refractivity contribution in [3.8, 4) is 5.75 Å². The smallest absolute Gasteiger partial charge is 0.303 e. The van der Waals surface area contributed by atoms with E-state index in [1.54, 1.807) is 18.2 Å². The second-order valence-electron chi connectivity index (χ2n) is 3.02. The quantitative estimate of drug-likeness (QED) is 0.873. The van der Waals surface area contributed by atoms with Gasteiger partial charge in [0, 0.05) is 10.9 Å². The number of hydrogen-bond acceptors (Lipinski definition) is 2. The first-order valence-electron chi connectivity index (χ1n) is 4.29. The maximum Gasteiger partial charge on any atom is 0.303 e. The molecule has 0 saturated heterocycles. The number of carbonyl (C=O) groups is 1. The number of hydrogen-bond donors (Lipinski definition) is 2. The maximum absolute atomic E-state index is 10.3. The van der Waals surface area contributed by atoms with Gasteiger partial charge in [0.2, 0.25) is 0 Å². The monoisotopic (exact) mass is 258 g/mol. The van der Waals surface area contributed by atoms with Crippen LogP contribution in [0.5, 0.6) is 5.75 Å². The minimum absolute atomic E-state index is 0.155. The lowest BCUT2D eigenvalue weighted by Gasteiger charge is -2.03. The van der Waals surface area contributed by atoms with Crippen molar-refractivity contribution in [2.45, 2.75) is 19.3 Å². The normalized spacial score (nSPS) is 10.1. The van der Waals surface area contributed by atoms with Gasteiger partial charge < -0.3 is 10.2 Å². The topological polar surface area (TPSA) is 57.5 Å². The molecule has 0 atom stereocenters. The van der Waals surface area contributed by atoms with Gasteiger partial charge in [-0.05, 0) is 36.6 Å². The van der Waals surface area contributed by atoms with Crippen molar-refractivity contribution >= 4 is 21.9 Å². The Balaban J connectivity index is 2.57. The zero-order valence-electron chi connectivity index (χ0n) is 7.53. The Morgan fingerprint density at radius 1 is 1.43 bits per heavy atom. The van der Waals surface area contributed by atoms with Crippen molar-refractivity contribution in [1.82, 2.24) is 0 Å². The van der Waals surface area contributed by atoms with Gasteiger partial charge in [-0.25, -0.2) is 0 Å². The highest BCUT2D eigenvalue weighted by molar-refractivity contribution is 9.10. The molecule has 3 nitrogen and oxygen atoms in total. The van der Waals surface area contributed by atoms with E-state index >= 15 is 0 Å². The number of rotatable bonds is 4. The summed E-state index contributed by atoms with van der Waals surface area (Å²) in [6, 6.07) is 4.99. The summed E-state index contributed by atoms with van der Waals surface area (Å²) in [6.45, 7) is 0. The number of aromatic hydroxyl groups is 1. The first-order valence-corrected chi connectivity index (χ1v) is 5.08. The van der Waals surface area contributed by atoms with Crippen LogP contribution >= 0.6 is 15.9 Å². The Labute approximate surface area is 90.5 Å². The Bertz CT molecular complexity index is 336. The van der Waals surface area contributed by atoms with Gasteiger partial charge in [0.05, 0.1) is 0 Å². The van der Waals surface area contributed by atoms with E-state index in [0.717, 1.165) is 10.0 Å². The van der Waals surface area contributed by atoms with E-state index in [0.29, 0.717) is 12.8 Å². The van der Waals surface area contributed by atoms with Crippen LogP contribution in [-0.4, -0.2) is 16.2 Å². The third-order valence-corrected chi connectivity index (χ3v) is 2.64. The Morgan fingerprint density at radius 2 is 2.14 bits per heavy atom. The summed E-state index contributed by atoms with van der Waals surface area (Å²) in [5.41, 5.74) is 0.936. The fourth-order valence-corrected chi connectivity index (χ4v) is 1.63. The standard InChI is InChI=1S/C10H11BrO3/c11-9-5-4-8(12)6-7(9)2-1-3-10(13)14/h4-6,12H,1-3H2,(H,13,14). The largest absolute Gasteiger partial charge is 0.508 e. The van der Waals surface area contributed by atoms with Gasteiger partial charge in [-0.2, -0.15) is 0 Å². The summed E-state index contributed by atoms with van der Waals surface area (Å²) in [5, 5.41) is 17.7. The molecule has 4 heteroatoms. The molecular weight excluding hydrogens is 248 g/mol. The molecule has 0 aromatic heterocycles. The van der Waals surface area contributed by atoms with Gasteiger partial charge in [0.15, 0.2) is 0 Å². The van der Waals surface area contributed by atoms with Crippen molar-refractivity contribution in [3.63, 3.8) is 0 Å². The van der Waals surface area contributed by atoms with Crippen LogP contribution in [0.15, 0.2) is 22.7 Å². The minimum atomic E-state index is -0.790. The SMILES string of the molecule is O=C(O)CCCc1cc(O)ccc1Br. The number of carboxylic acid groups (broad SMARTS) is 1. The highest BCUT2D eigenvalue weighted by Crippen LogP contribution is 2.23. The number of halogens is 1. The van der Waals surface area contributed by atoms with Gasteiger partial charge in [0.1, 0.15) is 5.75 Å². The molecule has 0 saturated carbocycles. The molecule has 76 valence electrons. The molecule has 14 heavy (non-hydrogen) atoms. The van der Waals surface area contributed by atoms with Crippen LogP contribution in [-0.2, 0) is 11.2 Å². The fourth-order valence-electron chi connectivity index (χ4n) is 1.18. The van der Waals surface area contributed by atoms with E-state index in [1.165, 1.54) is 0 Å². The fraction of sp³-hybridized carbons (Fsp3) is 0.300. The van der Waals surface area contributed by atoms with Crippen molar-refractivity contribution < 1.29 is 15.0 Å².